The first-order chi connectivity index (χ1) is 17.2. The van der Waals surface area contributed by atoms with Gasteiger partial charge in [0.15, 0.2) is 34.9 Å². The summed E-state index contributed by atoms with van der Waals surface area (Å²) in [6.07, 6.45) is 5.91. The summed E-state index contributed by atoms with van der Waals surface area (Å²) in [7, 11) is 1.61. The first kappa shape index (κ1) is 23.2. The number of nitrogens with zero attached hydrogens (tertiary/aromatic N) is 3. The fraction of sp³-hybridized carbons (Fsp3) is 0.346. The summed E-state index contributed by atoms with van der Waals surface area (Å²) in [4.78, 5) is 18.0. The Hall–Kier alpha value is -3.59. The Morgan fingerprint density at radius 1 is 1.14 bits per heavy atom. The monoisotopic (exact) mass is 493 g/mol. The zero-order valence-corrected chi connectivity index (χ0v) is 20.5. The molecule has 0 saturated carbocycles. The lowest BCUT2D eigenvalue weighted by molar-refractivity contribution is 0.0852. The molecule has 9 heteroatoms. The molecule has 0 radical (unpaired) electrons. The number of para-hydroxylation sites is 2. The van der Waals surface area contributed by atoms with Crippen LogP contribution in [-0.2, 0) is 0 Å². The van der Waals surface area contributed by atoms with Gasteiger partial charge in [0.05, 0.1) is 18.2 Å². The maximum Gasteiger partial charge on any atom is 0.291 e. The Kier molecular flexibility index (Phi) is 6.85. The molecule has 35 heavy (non-hydrogen) atoms. The van der Waals surface area contributed by atoms with E-state index in [9.17, 15) is 4.79 Å². The summed E-state index contributed by atoms with van der Waals surface area (Å²) in [6.45, 7) is 3.13. The van der Waals surface area contributed by atoms with Crippen molar-refractivity contribution in [3.63, 3.8) is 0 Å². The summed E-state index contributed by atoms with van der Waals surface area (Å²) in [5, 5.41) is 4.41. The van der Waals surface area contributed by atoms with Crippen LogP contribution in [0.5, 0.6) is 23.0 Å². The standard InChI is InChI=1S/C26H27N3O5S/c1-3-4-5-8-13-32-19-12-11-17(14-21(19)31-2)15-23-25(30)29-26(35-23)27-24(28-29)22-16-33-18-9-6-7-10-20(18)34-22/h6-7,9-12,14-15,22H,3-5,8,13,16H2,1-2H3/b23-15+/t22-/m1/s1. The smallest absolute Gasteiger partial charge is 0.291 e. The second kappa shape index (κ2) is 10.4. The van der Waals surface area contributed by atoms with E-state index >= 15 is 0 Å². The highest BCUT2D eigenvalue weighted by atomic mass is 32.1. The number of ether oxygens (including phenoxy) is 4. The second-order valence-corrected chi connectivity index (χ2v) is 9.27. The van der Waals surface area contributed by atoms with Crippen molar-refractivity contribution in [2.45, 2.75) is 38.7 Å². The molecule has 3 heterocycles. The molecule has 1 aliphatic rings. The van der Waals surface area contributed by atoms with E-state index in [1.165, 1.54) is 28.7 Å². The van der Waals surface area contributed by atoms with Crippen LogP contribution in [-0.4, -0.2) is 34.9 Å². The van der Waals surface area contributed by atoms with E-state index in [0.29, 0.717) is 44.9 Å². The molecule has 4 aromatic rings. The molecule has 0 fully saturated rings. The first-order valence-corrected chi connectivity index (χ1v) is 12.6. The molecule has 0 bridgehead atoms. The summed E-state index contributed by atoms with van der Waals surface area (Å²) < 4.78 is 25.0. The van der Waals surface area contributed by atoms with E-state index in [2.05, 4.69) is 17.0 Å². The predicted molar refractivity (Wildman–Crippen MR) is 134 cm³/mol. The molecule has 0 saturated heterocycles. The highest BCUT2D eigenvalue weighted by Gasteiger charge is 2.27. The third kappa shape index (κ3) is 4.95. The SMILES string of the molecule is CCCCCCOc1ccc(/C=c2/sc3nc([C@H]4COc5ccccc5O4)nn3c2=O)cc1OC. The van der Waals surface area contributed by atoms with Crippen LogP contribution in [0.25, 0.3) is 11.0 Å². The fourth-order valence-corrected chi connectivity index (χ4v) is 4.80. The van der Waals surface area contributed by atoms with Crippen molar-refractivity contribution in [1.29, 1.82) is 0 Å². The molecule has 1 atom stereocenters. The van der Waals surface area contributed by atoms with Crippen LogP contribution in [0.15, 0.2) is 47.3 Å². The molecule has 0 N–H and O–H groups in total. The van der Waals surface area contributed by atoms with E-state index in [4.69, 9.17) is 18.9 Å². The summed E-state index contributed by atoms with van der Waals surface area (Å²) in [5.41, 5.74) is 0.610. The maximum absolute atomic E-state index is 13.0. The Morgan fingerprint density at radius 3 is 2.80 bits per heavy atom. The van der Waals surface area contributed by atoms with Gasteiger partial charge in [0.25, 0.3) is 5.56 Å². The van der Waals surface area contributed by atoms with Gasteiger partial charge in [0.1, 0.15) is 6.61 Å². The number of hydrogen-bond donors (Lipinski definition) is 0. The Bertz CT molecular complexity index is 1430. The molecule has 0 aliphatic carbocycles. The van der Waals surface area contributed by atoms with Gasteiger partial charge in [-0.05, 0) is 42.3 Å². The van der Waals surface area contributed by atoms with Crippen LogP contribution in [0.4, 0.5) is 0 Å². The topological polar surface area (TPSA) is 84.2 Å². The van der Waals surface area contributed by atoms with E-state index in [0.717, 1.165) is 18.4 Å². The number of unbranched alkanes of at least 4 members (excludes halogenated alkanes) is 3. The highest BCUT2D eigenvalue weighted by Crippen LogP contribution is 2.35. The number of rotatable bonds is 9. The lowest BCUT2D eigenvalue weighted by atomic mass is 10.2. The van der Waals surface area contributed by atoms with Gasteiger partial charge in [0.2, 0.25) is 4.96 Å². The van der Waals surface area contributed by atoms with E-state index in [1.807, 2.05) is 48.5 Å². The van der Waals surface area contributed by atoms with Crippen molar-refractivity contribution in [1.82, 2.24) is 14.6 Å². The highest BCUT2D eigenvalue weighted by molar-refractivity contribution is 7.15. The number of thiazole rings is 1. The molecule has 0 unspecified atom stereocenters. The van der Waals surface area contributed by atoms with Gasteiger partial charge < -0.3 is 18.9 Å². The Morgan fingerprint density at radius 2 is 2.00 bits per heavy atom. The van der Waals surface area contributed by atoms with Gasteiger partial charge in [0, 0.05) is 0 Å². The molecule has 0 amide bonds. The zero-order chi connectivity index (χ0) is 24.2. The van der Waals surface area contributed by atoms with Crippen molar-refractivity contribution < 1.29 is 18.9 Å². The third-order valence-electron chi connectivity index (χ3n) is 5.74. The van der Waals surface area contributed by atoms with Gasteiger partial charge in [-0.15, -0.1) is 5.10 Å². The number of benzene rings is 2. The molecule has 2 aromatic carbocycles. The van der Waals surface area contributed by atoms with E-state index in [-0.39, 0.29) is 12.2 Å². The lowest BCUT2D eigenvalue weighted by Crippen LogP contribution is -2.26. The lowest BCUT2D eigenvalue weighted by Gasteiger charge is -2.24. The maximum atomic E-state index is 13.0. The molecule has 8 nitrogen and oxygen atoms in total. The quantitative estimate of drug-likeness (QED) is 0.324. The van der Waals surface area contributed by atoms with Crippen molar-refractivity contribution >= 4 is 22.4 Å². The van der Waals surface area contributed by atoms with Gasteiger partial charge in [-0.1, -0.05) is 55.7 Å². The number of aromatic nitrogens is 3. The first-order valence-electron chi connectivity index (χ1n) is 11.8. The van der Waals surface area contributed by atoms with Gasteiger partial charge in [-0.3, -0.25) is 4.79 Å². The molecule has 0 spiro atoms. The minimum absolute atomic E-state index is 0.226. The molecule has 5 rings (SSSR count). The van der Waals surface area contributed by atoms with Crippen LogP contribution in [0.2, 0.25) is 0 Å². The Labute approximate surface area is 206 Å². The summed E-state index contributed by atoms with van der Waals surface area (Å²) >= 11 is 1.28. The van der Waals surface area contributed by atoms with Crippen LogP contribution < -0.4 is 29.0 Å². The van der Waals surface area contributed by atoms with Gasteiger partial charge in [-0.25, -0.2) is 0 Å². The van der Waals surface area contributed by atoms with Crippen molar-refractivity contribution in [2.75, 3.05) is 20.3 Å². The normalized spacial score (nSPS) is 15.5. The van der Waals surface area contributed by atoms with Crippen LogP contribution in [0.3, 0.4) is 0 Å². The molecule has 182 valence electrons. The van der Waals surface area contributed by atoms with E-state index < -0.39 is 6.10 Å². The van der Waals surface area contributed by atoms with Crippen molar-refractivity contribution in [3.8, 4) is 23.0 Å². The Balaban J connectivity index is 1.34. The number of methoxy groups -OCH3 is 1. The molecular formula is C26H27N3O5S. The second-order valence-electron chi connectivity index (χ2n) is 8.26. The zero-order valence-electron chi connectivity index (χ0n) is 19.7. The molecular weight excluding hydrogens is 466 g/mol. The average molecular weight is 494 g/mol. The summed E-state index contributed by atoms with van der Waals surface area (Å²) in [6, 6.07) is 13.1. The number of fused-ring (bicyclic) bond motifs is 2. The third-order valence-corrected chi connectivity index (χ3v) is 6.69. The van der Waals surface area contributed by atoms with Crippen LogP contribution in [0, 0.1) is 0 Å². The van der Waals surface area contributed by atoms with Gasteiger partial charge in [-0.2, -0.15) is 9.50 Å². The minimum Gasteiger partial charge on any atom is -0.493 e. The fourth-order valence-electron chi connectivity index (χ4n) is 3.89. The van der Waals surface area contributed by atoms with Crippen molar-refractivity contribution in [2.24, 2.45) is 0 Å². The molecule has 1 aliphatic heterocycles. The minimum atomic E-state index is -0.470. The molecule has 2 aromatic heterocycles. The van der Waals surface area contributed by atoms with Gasteiger partial charge >= 0.3 is 0 Å². The number of hydrogen-bond acceptors (Lipinski definition) is 8. The van der Waals surface area contributed by atoms with Crippen LogP contribution in [0.1, 0.15) is 50.1 Å². The van der Waals surface area contributed by atoms with Crippen molar-refractivity contribution in [3.05, 3.63) is 68.7 Å². The summed E-state index contributed by atoms with van der Waals surface area (Å²) in [5.74, 6) is 3.09. The van der Waals surface area contributed by atoms with Crippen LogP contribution >= 0.6 is 11.3 Å². The van der Waals surface area contributed by atoms with E-state index in [1.54, 1.807) is 7.11 Å². The predicted octanol–water partition coefficient (Wildman–Crippen LogP) is 4.18. The average Bonchev–Trinajstić information content (AvgIpc) is 3.43. The largest absolute Gasteiger partial charge is 0.493 e.